The number of halogens is 2. The van der Waals surface area contributed by atoms with Gasteiger partial charge in [0.25, 0.3) is 5.91 Å². The second kappa shape index (κ2) is 8.65. The van der Waals surface area contributed by atoms with Crippen LogP contribution in [0, 0.1) is 5.92 Å². The lowest BCUT2D eigenvalue weighted by atomic mass is 9.70. The number of amides is 1. The van der Waals surface area contributed by atoms with Gasteiger partial charge in [-0.1, -0.05) is 73.3 Å². The van der Waals surface area contributed by atoms with E-state index in [4.69, 9.17) is 34.7 Å². The number of fused-ring (bicyclic) bond motifs is 3. The molecule has 7 heteroatoms. The Morgan fingerprint density at radius 2 is 1.97 bits per heavy atom. The van der Waals surface area contributed by atoms with Crippen molar-refractivity contribution in [2.75, 3.05) is 0 Å². The van der Waals surface area contributed by atoms with Gasteiger partial charge in [-0.15, -0.1) is 0 Å². The number of primary amides is 1. The minimum absolute atomic E-state index is 0.278. The van der Waals surface area contributed by atoms with Crippen molar-refractivity contribution in [2.45, 2.75) is 44.6 Å². The van der Waals surface area contributed by atoms with Crippen LogP contribution in [-0.2, 0) is 12.0 Å². The minimum Gasteiger partial charge on any atom is -0.364 e. The summed E-state index contributed by atoms with van der Waals surface area (Å²) in [7, 11) is 0. The number of rotatable bonds is 2. The van der Waals surface area contributed by atoms with Crippen LogP contribution in [0.3, 0.4) is 0 Å². The number of carbonyl (C=O) groups is 1. The molecule has 3 aromatic rings. The molecule has 1 fully saturated rings. The predicted molar refractivity (Wildman–Crippen MR) is 125 cm³/mol. The summed E-state index contributed by atoms with van der Waals surface area (Å²) in [5, 5.41) is 8.19. The SMILES string of the molecule is CC1CCCCC1(N)c1ccc(Cl)cc1Cl.NC(=O)c1[nH]nc2c1Cc1ccccc1-2. The van der Waals surface area contributed by atoms with Crippen molar-refractivity contribution in [1.29, 1.82) is 0 Å². The van der Waals surface area contributed by atoms with Crippen LogP contribution in [0.5, 0.6) is 0 Å². The van der Waals surface area contributed by atoms with E-state index in [1.165, 1.54) is 24.8 Å². The van der Waals surface area contributed by atoms with E-state index >= 15 is 0 Å². The normalized spacial score (nSPS) is 21.6. The molecule has 1 amide bonds. The van der Waals surface area contributed by atoms with Crippen molar-refractivity contribution in [3.05, 3.63) is 74.9 Å². The van der Waals surface area contributed by atoms with E-state index in [1.54, 1.807) is 6.07 Å². The van der Waals surface area contributed by atoms with E-state index in [0.717, 1.165) is 35.2 Å². The molecule has 2 aromatic carbocycles. The lowest BCUT2D eigenvalue weighted by molar-refractivity contribution is 0.0995. The smallest absolute Gasteiger partial charge is 0.267 e. The lowest BCUT2D eigenvalue weighted by Gasteiger charge is -2.40. The molecule has 2 unspecified atom stereocenters. The molecule has 0 radical (unpaired) electrons. The first kappa shape index (κ1) is 21.9. The molecule has 1 heterocycles. The van der Waals surface area contributed by atoms with E-state index in [2.05, 4.69) is 17.1 Å². The Balaban J connectivity index is 0.000000149. The van der Waals surface area contributed by atoms with Gasteiger partial charge < -0.3 is 11.5 Å². The maximum atomic E-state index is 11.1. The van der Waals surface area contributed by atoms with Crippen LogP contribution in [0.1, 0.15) is 59.8 Å². The first-order valence-corrected chi connectivity index (χ1v) is 11.3. The molecule has 2 aliphatic carbocycles. The molecule has 1 aromatic heterocycles. The van der Waals surface area contributed by atoms with E-state index in [9.17, 15) is 4.79 Å². The van der Waals surface area contributed by atoms with E-state index in [-0.39, 0.29) is 5.54 Å². The molecule has 5 nitrogen and oxygen atoms in total. The summed E-state index contributed by atoms with van der Waals surface area (Å²) in [6.45, 7) is 2.21. The third-order valence-corrected chi connectivity index (χ3v) is 7.09. The van der Waals surface area contributed by atoms with Gasteiger partial charge in [0, 0.05) is 33.1 Å². The Hall–Kier alpha value is -2.34. The summed E-state index contributed by atoms with van der Waals surface area (Å²) < 4.78 is 0. The molecule has 0 saturated heterocycles. The van der Waals surface area contributed by atoms with Crippen molar-refractivity contribution in [3.8, 4) is 11.3 Å². The molecule has 2 atom stereocenters. The number of nitrogens with two attached hydrogens (primary N) is 2. The molecule has 1 saturated carbocycles. The third kappa shape index (κ3) is 4.10. The third-order valence-electron chi connectivity index (χ3n) is 6.54. The van der Waals surface area contributed by atoms with Gasteiger partial charge in [-0.05, 0) is 42.0 Å². The standard InChI is InChI=1S/C13H17Cl2N.C11H9N3O/c1-9-4-2-3-7-13(9,16)11-6-5-10(14)8-12(11)15;12-11(15)10-8-5-6-3-1-2-4-7(6)9(8)13-14-10/h5-6,8-9H,2-4,7,16H2,1H3;1-4H,5H2,(H2,12,15)(H,13,14). The summed E-state index contributed by atoms with van der Waals surface area (Å²) in [5.74, 6) is 0.0245. The quantitative estimate of drug-likeness (QED) is 0.374. The van der Waals surface area contributed by atoms with E-state index in [1.807, 2.05) is 36.4 Å². The molecule has 31 heavy (non-hydrogen) atoms. The second-order valence-corrected chi connectivity index (χ2v) is 9.28. The first-order valence-electron chi connectivity index (χ1n) is 10.5. The monoisotopic (exact) mass is 456 g/mol. The van der Waals surface area contributed by atoms with Crippen molar-refractivity contribution in [2.24, 2.45) is 17.4 Å². The molecule has 5 rings (SSSR count). The number of aromatic nitrogens is 2. The Kier molecular flexibility index (Phi) is 6.11. The summed E-state index contributed by atoms with van der Waals surface area (Å²) in [4.78, 5) is 11.1. The fourth-order valence-electron chi connectivity index (χ4n) is 4.70. The summed E-state index contributed by atoms with van der Waals surface area (Å²) in [6, 6.07) is 13.6. The molecular weight excluding hydrogens is 431 g/mol. The summed E-state index contributed by atoms with van der Waals surface area (Å²) in [5.41, 5.74) is 17.1. The number of nitrogens with one attached hydrogen (secondary N) is 1. The molecule has 0 bridgehead atoms. The van der Waals surface area contributed by atoms with Crippen LogP contribution < -0.4 is 11.5 Å². The molecule has 0 spiro atoms. The van der Waals surface area contributed by atoms with Crippen molar-refractivity contribution in [1.82, 2.24) is 10.2 Å². The number of carbonyl (C=O) groups excluding carboxylic acids is 1. The van der Waals surface area contributed by atoms with Gasteiger partial charge >= 0.3 is 0 Å². The van der Waals surface area contributed by atoms with Crippen molar-refractivity contribution >= 4 is 29.1 Å². The van der Waals surface area contributed by atoms with Crippen LogP contribution in [0.4, 0.5) is 0 Å². The maximum absolute atomic E-state index is 11.1. The van der Waals surface area contributed by atoms with Gasteiger partial charge in [-0.25, -0.2) is 0 Å². The average molecular weight is 457 g/mol. The highest BCUT2D eigenvalue weighted by atomic mass is 35.5. The zero-order valence-corrected chi connectivity index (χ0v) is 18.9. The highest BCUT2D eigenvalue weighted by molar-refractivity contribution is 6.35. The molecule has 0 aliphatic heterocycles. The number of H-pyrrole nitrogens is 1. The Morgan fingerprint density at radius 3 is 2.68 bits per heavy atom. The summed E-state index contributed by atoms with van der Waals surface area (Å²) >= 11 is 12.2. The maximum Gasteiger partial charge on any atom is 0.267 e. The van der Waals surface area contributed by atoms with Gasteiger partial charge in [0.15, 0.2) is 0 Å². The van der Waals surface area contributed by atoms with Crippen LogP contribution >= 0.6 is 23.2 Å². The fraction of sp³-hybridized carbons (Fsp3) is 0.333. The number of hydrogen-bond donors (Lipinski definition) is 3. The second-order valence-electron chi connectivity index (χ2n) is 8.44. The minimum atomic E-state index is -0.448. The molecule has 162 valence electrons. The van der Waals surface area contributed by atoms with Crippen molar-refractivity contribution < 1.29 is 4.79 Å². The average Bonchev–Trinajstić information content (AvgIpc) is 3.30. The topological polar surface area (TPSA) is 97.8 Å². The summed E-state index contributed by atoms with van der Waals surface area (Å²) in [6.07, 6.45) is 5.37. The van der Waals surface area contributed by atoms with E-state index in [0.29, 0.717) is 21.7 Å². The predicted octanol–water partition coefficient (Wildman–Crippen LogP) is 5.44. The highest BCUT2D eigenvalue weighted by Crippen LogP contribution is 2.42. The number of aromatic amines is 1. The van der Waals surface area contributed by atoms with Crippen LogP contribution in [0.15, 0.2) is 42.5 Å². The van der Waals surface area contributed by atoms with E-state index < -0.39 is 5.91 Å². The largest absolute Gasteiger partial charge is 0.364 e. The zero-order valence-electron chi connectivity index (χ0n) is 17.4. The number of hydrogen-bond acceptors (Lipinski definition) is 3. The fourth-order valence-corrected chi connectivity index (χ4v) is 5.28. The zero-order chi connectivity index (χ0) is 22.2. The van der Waals surface area contributed by atoms with Gasteiger partial charge in [-0.2, -0.15) is 5.10 Å². The van der Waals surface area contributed by atoms with Gasteiger partial charge in [0.2, 0.25) is 0 Å². The Morgan fingerprint density at radius 1 is 1.19 bits per heavy atom. The first-order chi connectivity index (χ1) is 14.8. The molecule has 2 aliphatic rings. The van der Waals surface area contributed by atoms with Crippen LogP contribution in [0.2, 0.25) is 10.0 Å². The van der Waals surface area contributed by atoms with Gasteiger partial charge in [-0.3, -0.25) is 9.89 Å². The molecular formula is C24H26Cl2N4O. The number of nitrogens with zero attached hydrogens (tertiary/aromatic N) is 1. The molecule has 5 N–H and O–H groups in total. The van der Waals surface area contributed by atoms with Gasteiger partial charge in [0.1, 0.15) is 5.69 Å². The lowest BCUT2D eigenvalue weighted by Crippen LogP contribution is -2.45. The highest BCUT2D eigenvalue weighted by Gasteiger charge is 2.37. The van der Waals surface area contributed by atoms with Crippen molar-refractivity contribution in [3.63, 3.8) is 0 Å². The number of benzene rings is 2. The van der Waals surface area contributed by atoms with Crippen LogP contribution in [0.25, 0.3) is 11.3 Å². The Labute approximate surface area is 192 Å². The van der Waals surface area contributed by atoms with Crippen LogP contribution in [-0.4, -0.2) is 16.1 Å². The van der Waals surface area contributed by atoms with Gasteiger partial charge in [0.05, 0.1) is 5.69 Å². The Bertz CT molecular complexity index is 1130.